The lowest BCUT2D eigenvalue weighted by Crippen LogP contribution is -2.33. The molecule has 3 rings (SSSR count). The number of nitrogen functional groups attached to an aromatic ring is 1. The first-order valence-corrected chi connectivity index (χ1v) is 13.5. The summed E-state index contributed by atoms with van der Waals surface area (Å²) in [6.07, 6.45) is 1.23. The van der Waals surface area contributed by atoms with Crippen LogP contribution >= 0.6 is 23.4 Å². The molecule has 18 nitrogen and oxygen atoms in total. The number of nitrogens with two attached hydrogens (primary N) is 1. The number of fused-ring (bicyclic) bond motifs is 1. The summed E-state index contributed by atoms with van der Waals surface area (Å²) in [6.45, 7) is -1.47. The van der Waals surface area contributed by atoms with Crippen LogP contribution in [0.3, 0.4) is 0 Å². The molecule has 21 heteroatoms. The fraction of sp³-hybridized carbons (Fsp3) is 0.462. The van der Waals surface area contributed by atoms with E-state index in [-0.39, 0.29) is 17.0 Å². The minimum Gasteiger partial charge on any atom is -0.387 e. The lowest BCUT2D eigenvalue weighted by atomic mass is 10.1. The molecule has 0 aliphatic carbocycles. The van der Waals surface area contributed by atoms with Crippen molar-refractivity contribution < 1.29 is 56.5 Å². The van der Waals surface area contributed by atoms with Crippen molar-refractivity contribution in [2.75, 3.05) is 18.9 Å². The van der Waals surface area contributed by atoms with Crippen molar-refractivity contribution in [3.8, 4) is 12.3 Å². The maximum absolute atomic E-state index is 12.0. The standard InChI is InChI=1S/C13H19N6O12P3/c1-2-3-18-32(22,23)30-34(26,27)31-33(24,25)28-4-7-9(20)10(21)13(29-7)19-6-17-8-11(14)15-5-16-12(8)19/h1,5-7,9-10,13,20-21H,3-4H2,(H,24,25)(H,26,27)(H2,14,15,16)(H2,18,22,23)/t7-,9+,10?,13-/m1/s1. The third kappa shape index (κ3) is 6.25. The molecule has 7 atom stereocenters. The van der Waals surface area contributed by atoms with Crippen molar-refractivity contribution in [1.29, 1.82) is 0 Å². The van der Waals surface area contributed by atoms with Gasteiger partial charge in [-0.1, -0.05) is 5.92 Å². The van der Waals surface area contributed by atoms with Crippen LogP contribution in [0.5, 0.6) is 0 Å². The molecule has 1 saturated heterocycles. The first kappa shape index (κ1) is 26.8. The predicted octanol–water partition coefficient (Wildman–Crippen LogP) is -1.40. The second-order valence-electron chi connectivity index (χ2n) is 6.58. The highest BCUT2D eigenvalue weighted by Gasteiger charge is 2.47. The molecule has 2 aromatic rings. The van der Waals surface area contributed by atoms with Gasteiger partial charge in [0, 0.05) is 0 Å². The first-order chi connectivity index (χ1) is 15.8. The number of hydrogen-bond donors (Lipinski definition) is 7. The third-order valence-electron chi connectivity index (χ3n) is 4.20. The molecule has 1 aliphatic rings. The molecule has 1 aliphatic heterocycles. The maximum Gasteiger partial charge on any atom is 0.489 e. The third-order valence-corrected chi connectivity index (χ3v) is 8.60. The average Bonchev–Trinajstić information content (AvgIpc) is 3.26. The van der Waals surface area contributed by atoms with E-state index >= 15 is 0 Å². The Morgan fingerprint density at radius 1 is 1.15 bits per heavy atom. The minimum absolute atomic E-state index is 0.0487. The zero-order valence-corrected chi connectivity index (χ0v) is 19.4. The summed E-state index contributed by atoms with van der Waals surface area (Å²) in [5.74, 6) is 1.95. The van der Waals surface area contributed by atoms with Crippen LogP contribution in [0.1, 0.15) is 6.23 Å². The average molecular weight is 544 g/mol. The van der Waals surface area contributed by atoms with Gasteiger partial charge in [0.15, 0.2) is 17.7 Å². The molecule has 0 aromatic carbocycles. The quantitative estimate of drug-likeness (QED) is 0.134. The van der Waals surface area contributed by atoms with Gasteiger partial charge in [0.1, 0.15) is 30.2 Å². The Bertz CT molecular complexity index is 1230. The maximum atomic E-state index is 12.0. The molecule has 8 N–H and O–H groups in total. The Balaban J connectivity index is 1.65. The van der Waals surface area contributed by atoms with Crippen molar-refractivity contribution in [3.05, 3.63) is 12.7 Å². The summed E-state index contributed by atoms with van der Waals surface area (Å²) in [7, 11) is -16.0. The molecule has 2 aromatic heterocycles. The smallest absolute Gasteiger partial charge is 0.387 e. The summed E-state index contributed by atoms with van der Waals surface area (Å²) < 4.78 is 54.5. The highest BCUT2D eigenvalue weighted by molar-refractivity contribution is 7.67. The number of nitrogens with one attached hydrogen (secondary N) is 1. The van der Waals surface area contributed by atoms with Gasteiger partial charge in [0.25, 0.3) is 0 Å². The van der Waals surface area contributed by atoms with Gasteiger partial charge in [-0.3, -0.25) is 9.09 Å². The van der Waals surface area contributed by atoms with Gasteiger partial charge in [0.2, 0.25) is 0 Å². The van der Waals surface area contributed by atoms with Crippen LogP contribution < -0.4 is 10.8 Å². The van der Waals surface area contributed by atoms with Gasteiger partial charge in [-0.15, -0.1) is 6.42 Å². The minimum atomic E-state index is -5.62. The number of aliphatic hydroxyl groups excluding tert-OH is 2. The number of hydrogen-bond acceptors (Lipinski definition) is 13. The zero-order chi connectivity index (χ0) is 25.3. The van der Waals surface area contributed by atoms with E-state index in [1.54, 1.807) is 5.09 Å². The number of anilines is 1. The van der Waals surface area contributed by atoms with Gasteiger partial charge in [-0.05, 0) is 0 Å². The predicted molar refractivity (Wildman–Crippen MR) is 110 cm³/mol. The molecular weight excluding hydrogens is 525 g/mol. The van der Waals surface area contributed by atoms with Crippen LogP contribution in [0.2, 0.25) is 0 Å². The van der Waals surface area contributed by atoms with Crippen molar-refractivity contribution in [2.45, 2.75) is 24.5 Å². The van der Waals surface area contributed by atoms with Crippen LogP contribution in [0.15, 0.2) is 12.7 Å². The van der Waals surface area contributed by atoms with E-state index in [2.05, 4.69) is 28.1 Å². The molecular formula is C13H19N6O12P3. The van der Waals surface area contributed by atoms with Crippen molar-refractivity contribution in [1.82, 2.24) is 24.6 Å². The van der Waals surface area contributed by atoms with Gasteiger partial charge >= 0.3 is 23.4 Å². The number of phosphoric acid groups is 2. The van der Waals surface area contributed by atoms with Crippen LogP contribution in [0.25, 0.3) is 11.2 Å². The fourth-order valence-electron chi connectivity index (χ4n) is 2.80. The zero-order valence-electron chi connectivity index (χ0n) is 16.8. The van der Waals surface area contributed by atoms with Crippen molar-refractivity contribution in [3.63, 3.8) is 0 Å². The van der Waals surface area contributed by atoms with E-state index in [1.165, 1.54) is 10.9 Å². The highest BCUT2D eigenvalue weighted by atomic mass is 31.3. The summed E-state index contributed by atoms with van der Waals surface area (Å²) in [6, 6.07) is 0. The molecule has 3 heterocycles. The molecule has 1 fully saturated rings. The number of terminal acetylenes is 1. The van der Waals surface area contributed by atoms with E-state index in [0.29, 0.717) is 0 Å². The van der Waals surface area contributed by atoms with E-state index in [4.69, 9.17) is 16.9 Å². The molecule has 0 amide bonds. The molecule has 188 valence electrons. The van der Waals surface area contributed by atoms with Crippen LogP contribution in [0, 0.1) is 12.3 Å². The van der Waals surface area contributed by atoms with Gasteiger partial charge in [-0.25, -0.2) is 33.7 Å². The van der Waals surface area contributed by atoms with Crippen LogP contribution in [-0.2, 0) is 31.6 Å². The van der Waals surface area contributed by atoms with Crippen LogP contribution in [-0.4, -0.2) is 75.9 Å². The molecule has 0 bridgehead atoms. The van der Waals surface area contributed by atoms with Gasteiger partial charge in [0.05, 0.1) is 19.5 Å². The summed E-state index contributed by atoms with van der Waals surface area (Å²) in [5, 5.41) is 22.3. The van der Waals surface area contributed by atoms with E-state index < -0.39 is 61.1 Å². The highest BCUT2D eigenvalue weighted by Crippen LogP contribution is 2.66. The Kier molecular flexibility index (Phi) is 7.92. The van der Waals surface area contributed by atoms with Crippen LogP contribution in [0.4, 0.5) is 5.82 Å². The lowest BCUT2D eigenvalue weighted by Gasteiger charge is -2.20. The van der Waals surface area contributed by atoms with Gasteiger partial charge < -0.3 is 35.4 Å². The van der Waals surface area contributed by atoms with E-state index in [0.717, 1.165) is 6.33 Å². The van der Waals surface area contributed by atoms with Crippen molar-refractivity contribution >= 4 is 40.4 Å². The summed E-state index contributed by atoms with van der Waals surface area (Å²) in [5.41, 5.74) is 6.04. The topological polar surface area (TPSA) is 271 Å². The molecule has 0 spiro atoms. The van der Waals surface area contributed by atoms with E-state index in [1.807, 2.05) is 5.92 Å². The number of aromatic nitrogens is 4. The monoisotopic (exact) mass is 544 g/mol. The van der Waals surface area contributed by atoms with Gasteiger partial charge in [-0.2, -0.15) is 8.62 Å². The molecule has 4 unspecified atom stereocenters. The number of phosphoric ester groups is 1. The Morgan fingerprint density at radius 3 is 2.53 bits per heavy atom. The largest absolute Gasteiger partial charge is 0.489 e. The lowest BCUT2D eigenvalue weighted by molar-refractivity contribution is -0.0503. The molecule has 0 radical (unpaired) electrons. The Morgan fingerprint density at radius 2 is 1.85 bits per heavy atom. The summed E-state index contributed by atoms with van der Waals surface area (Å²) in [4.78, 5) is 40.3. The Hall–Kier alpha value is -1.80. The Labute approximate surface area is 190 Å². The number of ether oxygens (including phenoxy) is 1. The number of imidazole rings is 1. The normalized spacial score (nSPS) is 28.1. The van der Waals surface area contributed by atoms with E-state index in [9.17, 15) is 38.6 Å². The second kappa shape index (κ2) is 10.1. The molecule has 0 saturated carbocycles. The second-order valence-corrected chi connectivity index (χ2v) is 11.4. The fourth-order valence-corrected chi connectivity index (χ4v) is 6.40. The number of rotatable bonds is 10. The molecule has 34 heavy (non-hydrogen) atoms. The van der Waals surface area contributed by atoms with Crippen molar-refractivity contribution in [2.24, 2.45) is 0 Å². The first-order valence-electron chi connectivity index (χ1n) is 8.94. The number of aliphatic hydroxyl groups is 2. The summed E-state index contributed by atoms with van der Waals surface area (Å²) >= 11 is 0. The number of nitrogens with zero attached hydrogens (tertiary/aromatic N) is 4. The SMILES string of the molecule is C#CCNP(=O)(O)OP(=O)(O)OP(=O)(O)OC[C@H]1O[C@@H](n2cnc3c(N)ncnc32)C(O)[C@H]1O.